The van der Waals surface area contributed by atoms with Gasteiger partial charge in [-0.05, 0) is 13.3 Å². The van der Waals surface area contributed by atoms with Gasteiger partial charge in [0.15, 0.2) is 0 Å². The number of rotatable bonds is 7. The fourth-order valence-corrected chi connectivity index (χ4v) is 2.40. The predicted molar refractivity (Wildman–Crippen MR) is 55.5 cm³/mol. The minimum Gasteiger partial charge on any atom is -0.480 e. The molecule has 0 aliphatic heterocycles. The van der Waals surface area contributed by atoms with E-state index in [4.69, 9.17) is 5.11 Å². The molecule has 0 radical (unpaired) electrons. The van der Waals surface area contributed by atoms with E-state index in [-0.39, 0.29) is 20.0 Å². The average Bonchev–Trinajstić information content (AvgIpc) is 2.14. The Balaban J connectivity index is 4.97. The molecule has 0 fully saturated rings. The van der Waals surface area contributed by atoms with Crippen molar-refractivity contribution < 1.29 is 36.2 Å². The van der Waals surface area contributed by atoms with Crippen molar-refractivity contribution >= 4 is 16.0 Å². The highest BCUT2D eigenvalue weighted by molar-refractivity contribution is 7.89. The van der Waals surface area contributed by atoms with E-state index in [1.807, 2.05) is 0 Å². The van der Waals surface area contributed by atoms with Crippen LogP contribution in [0.5, 0.6) is 0 Å². The monoisotopic (exact) mass is 293 g/mol. The van der Waals surface area contributed by atoms with Gasteiger partial charge in [0.2, 0.25) is 15.6 Å². The Morgan fingerprint density at radius 1 is 1.39 bits per heavy atom. The van der Waals surface area contributed by atoms with Gasteiger partial charge in [0, 0.05) is 13.7 Å². The Morgan fingerprint density at radius 2 is 1.89 bits per heavy atom. The quantitative estimate of drug-likeness (QED) is 0.661. The number of halogens is 3. The Morgan fingerprint density at radius 3 is 2.22 bits per heavy atom. The van der Waals surface area contributed by atoms with Crippen LogP contribution >= 0.6 is 0 Å². The van der Waals surface area contributed by atoms with Gasteiger partial charge in [-0.1, -0.05) is 0 Å². The first-order valence-corrected chi connectivity index (χ1v) is 6.42. The third-order valence-corrected chi connectivity index (χ3v) is 3.66. The first kappa shape index (κ1) is 17.1. The van der Waals surface area contributed by atoms with Crippen molar-refractivity contribution in [1.29, 1.82) is 0 Å². The van der Waals surface area contributed by atoms with E-state index >= 15 is 0 Å². The molecule has 0 aliphatic rings. The number of ether oxygens (including phenoxy) is 1. The van der Waals surface area contributed by atoms with Crippen molar-refractivity contribution in [1.82, 2.24) is 4.72 Å². The number of carboxylic acid groups (broad SMARTS) is 1. The van der Waals surface area contributed by atoms with Crippen molar-refractivity contribution in [2.45, 2.75) is 25.1 Å². The summed E-state index contributed by atoms with van der Waals surface area (Å²) in [7, 11) is -3.07. The summed E-state index contributed by atoms with van der Waals surface area (Å²) in [5.41, 5.74) is -3.54. The molecule has 6 nitrogen and oxygen atoms in total. The fraction of sp³-hybridized carbons (Fsp3) is 0.875. The number of hydrogen-bond donors (Lipinski definition) is 2. The highest BCUT2D eigenvalue weighted by Gasteiger charge is 2.59. The van der Waals surface area contributed by atoms with Crippen molar-refractivity contribution in [2.75, 3.05) is 19.5 Å². The van der Waals surface area contributed by atoms with Gasteiger partial charge in [-0.2, -0.15) is 17.9 Å². The van der Waals surface area contributed by atoms with Crippen molar-refractivity contribution in [3.8, 4) is 0 Å². The van der Waals surface area contributed by atoms with E-state index in [1.165, 1.54) is 7.11 Å². The molecule has 0 amide bonds. The maximum atomic E-state index is 12.5. The van der Waals surface area contributed by atoms with Crippen LogP contribution < -0.4 is 4.72 Å². The summed E-state index contributed by atoms with van der Waals surface area (Å²) >= 11 is 0. The molecule has 0 aromatic carbocycles. The van der Waals surface area contributed by atoms with E-state index in [1.54, 1.807) is 0 Å². The first-order chi connectivity index (χ1) is 7.96. The van der Waals surface area contributed by atoms with E-state index in [0.29, 0.717) is 0 Å². The molecule has 0 spiro atoms. The zero-order valence-electron chi connectivity index (χ0n) is 9.74. The number of carbonyl (C=O) groups is 1. The van der Waals surface area contributed by atoms with Gasteiger partial charge in [-0.25, -0.2) is 13.2 Å². The molecule has 0 aromatic heterocycles. The molecule has 0 aromatic rings. The molecule has 2 N–H and O–H groups in total. The molecular weight excluding hydrogens is 279 g/mol. The van der Waals surface area contributed by atoms with Crippen molar-refractivity contribution in [3.05, 3.63) is 0 Å². The Hall–Kier alpha value is -0.870. The average molecular weight is 293 g/mol. The maximum absolute atomic E-state index is 12.5. The third-order valence-electron chi connectivity index (χ3n) is 2.12. The van der Waals surface area contributed by atoms with E-state index in [2.05, 4.69) is 4.74 Å². The van der Waals surface area contributed by atoms with Gasteiger partial charge in [-0.15, -0.1) is 0 Å². The molecule has 0 rings (SSSR count). The molecule has 1 unspecified atom stereocenters. The highest BCUT2D eigenvalue weighted by Crippen LogP contribution is 2.31. The summed E-state index contributed by atoms with van der Waals surface area (Å²) in [6.45, 7) is 0.292. The number of sulfonamides is 1. The maximum Gasteiger partial charge on any atom is 0.418 e. The van der Waals surface area contributed by atoms with Crippen LogP contribution in [0.25, 0.3) is 0 Å². The molecule has 0 saturated heterocycles. The molecular formula is C8H14F3NO5S. The van der Waals surface area contributed by atoms with Crippen LogP contribution in [0.4, 0.5) is 13.2 Å². The summed E-state index contributed by atoms with van der Waals surface area (Å²) in [5.74, 6) is -2.97. The van der Waals surface area contributed by atoms with E-state index in [9.17, 15) is 26.4 Å². The zero-order valence-corrected chi connectivity index (χ0v) is 10.6. The second kappa shape index (κ2) is 5.85. The van der Waals surface area contributed by atoms with Crippen LogP contribution in [0.1, 0.15) is 13.3 Å². The topological polar surface area (TPSA) is 92.7 Å². The lowest BCUT2D eigenvalue weighted by Crippen LogP contribution is -2.62. The molecule has 18 heavy (non-hydrogen) atoms. The summed E-state index contributed by atoms with van der Waals surface area (Å²) in [6.07, 6.45) is -5.29. The summed E-state index contributed by atoms with van der Waals surface area (Å²) in [5, 5.41) is 8.53. The second-order valence-electron chi connectivity index (χ2n) is 3.70. The van der Waals surface area contributed by atoms with Crippen LogP contribution in [0.2, 0.25) is 0 Å². The number of nitrogens with one attached hydrogen (secondary N) is 1. The fourth-order valence-electron chi connectivity index (χ4n) is 0.978. The number of aliphatic carboxylic acids is 1. The smallest absolute Gasteiger partial charge is 0.418 e. The lowest BCUT2D eigenvalue weighted by Gasteiger charge is -2.28. The summed E-state index contributed by atoms with van der Waals surface area (Å²) < 4.78 is 66.0. The van der Waals surface area contributed by atoms with Crippen LogP contribution in [0, 0.1) is 0 Å². The largest absolute Gasteiger partial charge is 0.480 e. The van der Waals surface area contributed by atoms with Gasteiger partial charge >= 0.3 is 12.1 Å². The van der Waals surface area contributed by atoms with Crippen LogP contribution in [-0.4, -0.2) is 50.7 Å². The van der Waals surface area contributed by atoms with E-state index in [0.717, 1.165) is 4.72 Å². The summed E-state index contributed by atoms with van der Waals surface area (Å²) in [4.78, 5) is 10.6. The van der Waals surface area contributed by atoms with Gasteiger partial charge in [0.05, 0.1) is 5.75 Å². The Labute approximate surface area is 102 Å². The standard InChI is InChI=1S/C8H14F3NO5S/c1-7(6(13)14,8(9,10)11)12-18(15,16)5-3-4-17-2/h12H,3-5H2,1-2H3,(H,13,14). The zero-order chi connectivity index (χ0) is 14.6. The Bertz CT molecular complexity index is 394. The number of alkyl halides is 3. The van der Waals surface area contributed by atoms with E-state index < -0.39 is 33.5 Å². The van der Waals surface area contributed by atoms with Crippen LogP contribution in [0.3, 0.4) is 0 Å². The normalized spacial score (nSPS) is 16.3. The van der Waals surface area contributed by atoms with Gasteiger partial charge in [-0.3, -0.25) is 0 Å². The molecule has 0 saturated carbocycles. The molecule has 1 atom stereocenters. The number of carboxylic acids is 1. The highest BCUT2D eigenvalue weighted by atomic mass is 32.2. The SMILES string of the molecule is COCCCS(=O)(=O)NC(C)(C(=O)O)C(F)(F)F. The summed E-state index contributed by atoms with van der Waals surface area (Å²) in [6, 6.07) is 0. The Kier molecular flexibility index (Phi) is 5.56. The molecule has 0 heterocycles. The molecule has 10 heteroatoms. The van der Waals surface area contributed by atoms with Crippen LogP contribution in [-0.2, 0) is 19.6 Å². The molecule has 0 bridgehead atoms. The first-order valence-electron chi connectivity index (χ1n) is 4.77. The second-order valence-corrected chi connectivity index (χ2v) is 5.54. The number of methoxy groups -OCH3 is 1. The lowest BCUT2D eigenvalue weighted by molar-refractivity contribution is -0.201. The molecule has 0 aliphatic carbocycles. The van der Waals surface area contributed by atoms with Gasteiger partial charge in [0.1, 0.15) is 0 Å². The predicted octanol–water partition coefficient (Wildman–Crippen LogP) is 0.348. The van der Waals surface area contributed by atoms with Crippen molar-refractivity contribution in [2.24, 2.45) is 0 Å². The van der Waals surface area contributed by atoms with Gasteiger partial charge < -0.3 is 9.84 Å². The molecule has 108 valence electrons. The van der Waals surface area contributed by atoms with Crippen LogP contribution in [0.15, 0.2) is 0 Å². The minimum atomic E-state index is -5.24. The number of hydrogen-bond acceptors (Lipinski definition) is 4. The van der Waals surface area contributed by atoms with Gasteiger partial charge in [0.25, 0.3) is 0 Å². The minimum absolute atomic E-state index is 0.0384. The van der Waals surface area contributed by atoms with Crippen molar-refractivity contribution in [3.63, 3.8) is 0 Å². The lowest BCUT2D eigenvalue weighted by atomic mass is 10.0. The third kappa shape index (κ3) is 4.42.